The Morgan fingerprint density at radius 1 is 1.17 bits per heavy atom. The zero-order valence-electron chi connectivity index (χ0n) is 12.9. The quantitative estimate of drug-likeness (QED) is 0.780. The van der Waals surface area contributed by atoms with Crippen molar-refractivity contribution >= 4 is 28.5 Å². The Hall–Kier alpha value is -2.33. The number of rotatable bonds is 5. The molecule has 5 heteroatoms. The lowest BCUT2D eigenvalue weighted by Gasteiger charge is -2.06. The molecule has 0 radical (unpaired) electrons. The van der Waals surface area contributed by atoms with Crippen molar-refractivity contribution in [2.45, 2.75) is 19.4 Å². The number of amides is 1. The number of aryl methyl sites for hydroxylation is 2. The smallest absolute Gasteiger partial charge is 0.220 e. The molecule has 1 N–H and O–H groups in total. The Morgan fingerprint density at radius 3 is 2.70 bits per heavy atom. The lowest BCUT2D eigenvalue weighted by atomic mass is 10.1. The number of para-hydroxylation sites is 2. The molecule has 0 aliphatic heterocycles. The fraction of sp³-hybridized carbons (Fsp3) is 0.222. The number of imidazole rings is 1. The summed E-state index contributed by atoms with van der Waals surface area (Å²) in [5.41, 5.74) is 3.00. The highest BCUT2D eigenvalue weighted by atomic mass is 35.5. The first-order valence-electron chi connectivity index (χ1n) is 7.55. The lowest BCUT2D eigenvalue weighted by molar-refractivity contribution is -0.121. The number of carbonyl (C=O) groups is 1. The van der Waals surface area contributed by atoms with Gasteiger partial charge in [0.1, 0.15) is 5.82 Å². The molecule has 0 aliphatic carbocycles. The zero-order chi connectivity index (χ0) is 16.2. The molecule has 0 fully saturated rings. The summed E-state index contributed by atoms with van der Waals surface area (Å²) in [6.07, 6.45) is 1.04. The van der Waals surface area contributed by atoms with Gasteiger partial charge >= 0.3 is 0 Å². The minimum Gasteiger partial charge on any atom is -0.349 e. The van der Waals surface area contributed by atoms with Crippen LogP contribution in [-0.4, -0.2) is 15.5 Å². The number of carbonyl (C=O) groups excluding carboxylic acids is 1. The summed E-state index contributed by atoms with van der Waals surface area (Å²) in [5, 5.41) is 3.63. The third-order valence-corrected chi connectivity index (χ3v) is 4.27. The molecule has 0 bridgehead atoms. The molecule has 0 unspecified atom stereocenters. The van der Waals surface area contributed by atoms with Crippen molar-refractivity contribution in [1.29, 1.82) is 0 Å². The molecule has 1 heterocycles. The normalized spacial score (nSPS) is 10.9. The van der Waals surface area contributed by atoms with Crippen LogP contribution < -0.4 is 5.32 Å². The highest BCUT2D eigenvalue weighted by molar-refractivity contribution is 6.31. The van der Waals surface area contributed by atoms with E-state index in [-0.39, 0.29) is 5.91 Å². The van der Waals surface area contributed by atoms with Crippen LogP contribution in [0.4, 0.5) is 0 Å². The van der Waals surface area contributed by atoms with E-state index in [9.17, 15) is 4.79 Å². The fourth-order valence-corrected chi connectivity index (χ4v) is 2.80. The Morgan fingerprint density at radius 2 is 1.91 bits per heavy atom. The first-order chi connectivity index (χ1) is 11.1. The van der Waals surface area contributed by atoms with Crippen LogP contribution in [0.1, 0.15) is 17.8 Å². The average Bonchev–Trinajstić information content (AvgIpc) is 2.89. The number of fused-ring (bicyclic) bond motifs is 1. The number of nitrogens with one attached hydrogen (secondary N) is 1. The van der Waals surface area contributed by atoms with E-state index < -0.39 is 0 Å². The van der Waals surface area contributed by atoms with E-state index in [1.165, 1.54) is 0 Å². The molecule has 1 aromatic heterocycles. The van der Waals surface area contributed by atoms with Gasteiger partial charge in [0, 0.05) is 18.5 Å². The second-order valence-corrected chi connectivity index (χ2v) is 5.85. The molecule has 0 atom stereocenters. The molecule has 4 nitrogen and oxygen atoms in total. The van der Waals surface area contributed by atoms with Gasteiger partial charge < -0.3 is 9.88 Å². The van der Waals surface area contributed by atoms with Crippen molar-refractivity contribution in [3.63, 3.8) is 0 Å². The lowest BCUT2D eigenvalue weighted by Crippen LogP contribution is -2.24. The average molecular weight is 328 g/mol. The van der Waals surface area contributed by atoms with E-state index >= 15 is 0 Å². The SMILES string of the molecule is Cn1c(CNC(=O)CCc2ccccc2Cl)nc2ccccc21. The predicted octanol–water partition coefficient (Wildman–Crippen LogP) is 3.48. The van der Waals surface area contributed by atoms with Crippen molar-refractivity contribution in [2.75, 3.05) is 0 Å². The Labute approximate surface area is 140 Å². The molecule has 118 valence electrons. The maximum atomic E-state index is 12.0. The number of hydrogen-bond donors (Lipinski definition) is 1. The van der Waals surface area contributed by atoms with E-state index in [0.29, 0.717) is 24.4 Å². The van der Waals surface area contributed by atoms with Gasteiger partial charge in [0.25, 0.3) is 0 Å². The summed E-state index contributed by atoms with van der Waals surface area (Å²) in [6, 6.07) is 15.5. The molecule has 1 amide bonds. The zero-order valence-corrected chi connectivity index (χ0v) is 13.7. The van der Waals surface area contributed by atoms with E-state index in [0.717, 1.165) is 22.4 Å². The molecule has 0 aliphatic rings. The van der Waals surface area contributed by atoms with Crippen LogP contribution in [0.5, 0.6) is 0 Å². The van der Waals surface area contributed by atoms with Crippen molar-refractivity contribution in [2.24, 2.45) is 7.05 Å². The second kappa shape index (κ2) is 6.84. The second-order valence-electron chi connectivity index (χ2n) is 5.44. The van der Waals surface area contributed by atoms with E-state index in [2.05, 4.69) is 10.3 Å². The maximum Gasteiger partial charge on any atom is 0.220 e. The van der Waals surface area contributed by atoms with Gasteiger partial charge in [0.15, 0.2) is 0 Å². The molecule has 23 heavy (non-hydrogen) atoms. The molecule has 0 spiro atoms. The predicted molar refractivity (Wildman–Crippen MR) is 92.3 cm³/mol. The van der Waals surface area contributed by atoms with E-state index in [1.54, 1.807) is 0 Å². The van der Waals surface area contributed by atoms with Crippen LogP contribution in [-0.2, 0) is 24.8 Å². The van der Waals surface area contributed by atoms with Crippen molar-refractivity contribution in [3.05, 3.63) is 64.9 Å². The highest BCUT2D eigenvalue weighted by Crippen LogP contribution is 2.17. The first kappa shape index (κ1) is 15.6. The van der Waals surface area contributed by atoms with Crippen molar-refractivity contribution < 1.29 is 4.79 Å². The number of hydrogen-bond acceptors (Lipinski definition) is 2. The van der Waals surface area contributed by atoms with Crippen molar-refractivity contribution in [1.82, 2.24) is 14.9 Å². The third-order valence-electron chi connectivity index (χ3n) is 3.90. The summed E-state index contributed by atoms with van der Waals surface area (Å²) in [6.45, 7) is 0.423. The third kappa shape index (κ3) is 3.54. The molecule has 3 rings (SSSR count). The molecular weight excluding hydrogens is 310 g/mol. The number of halogens is 1. The summed E-state index contributed by atoms with van der Waals surface area (Å²) in [7, 11) is 1.96. The van der Waals surface area contributed by atoms with Crippen LogP contribution in [0.15, 0.2) is 48.5 Å². The molecule has 2 aromatic carbocycles. The van der Waals surface area contributed by atoms with E-state index in [4.69, 9.17) is 11.6 Å². The van der Waals surface area contributed by atoms with Gasteiger partial charge in [0.2, 0.25) is 5.91 Å². The number of nitrogens with zero attached hydrogens (tertiary/aromatic N) is 2. The van der Waals surface area contributed by atoms with Gasteiger partial charge in [0.05, 0.1) is 17.6 Å². The molecule has 0 saturated carbocycles. The summed E-state index contributed by atoms with van der Waals surface area (Å²) < 4.78 is 2.00. The van der Waals surface area contributed by atoms with Crippen LogP contribution in [0, 0.1) is 0 Å². The molecule has 0 saturated heterocycles. The van der Waals surface area contributed by atoms with Crippen LogP contribution in [0.2, 0.25) is 5.02 Å². The minimum atomic E-state index is -0.00280. The summed E-state index contributed by atoms with van der Waals surface area (Å²) in [4.78, 5) is 16.6. The van der Waals surface area contributed by atoms with Gasteiger partial charge in [-0.2, -0.15) is 0 Å². The summed E-state index contributed by atoms with van der Waals surface area (Å²) >= 11 is 6.10. The Bertz CT molecular complexity index is 841. The Balaban J connectivity index is 1.58. The topological polar surface area (TPSA) is 46.9 Å². The highest BCUT2D eigenvalue weighted by Gasteiger charge is 2.09. The Kier molecular flexibility index (Phi) is 4.63. The number of aromatic nitrogens is 2. The number of benzene rings is 2. The fourth-order valence-electron chi connectivity index (χ4n) is 2.57. The molecule has 3 aromatic rings. The molecular formula is C18H18ClN3O. The van der Waals surface area contributed by atoms with Gasteiger partial charge in [-0.25, -0.2) is 4.98 Å². The van der Waals surface area contributed by atoms with Crippen LogP contribution in [0.3, 0.4) is 0 Å². The standard InChI is InChI=1S/C18H18ClN3O/c1-22-16-9-5-4-8-15(16)21-17(22)12-20-18(23)11-10-13-6-2-3-7-14(13)19/h2-9H,10-12H2,1H3,(H,20,23). The van der Waals surface area contributed by atoms with Gasteiger partial charge in [-0.05, 0) is 30.2 Å². The summed E-state index contributed by atoms with van der Waals surface area (Å²) in [5.74, 6) is 0.842. The van der Waals surface area contributed by atoms with Gasteiger partial charge in [-0.1, -0.05) is 41.9 Å². The maximum absolute atomic E-state index is 12.0. The van der Waals surface area contributed by atoms with Crippen LogP contribution >= 0.6 is 11.6 Å². The largest absolute Gasteiger partial charge is 0.349 e. The van der Waals surface area contributed by atoms with Gasteiger partial charge in [-0.15, -0.1) is 0 Å². The van der Waals surface area contributed by atoms with Crippen molar-refractivity contribution in [3.8, 4) is 0 Å². The van der Waals surface area contributed by atoms with Gasteiger partial charge in [-0.3, -0.25) is 4.79 Å². The van der Waals surface area contributed by atoms with E-state index in [1.807, 2.05) is 60.1 Å². The van der Waals surface area contributed by atoms with Crippen LogP contribution in [0.25, 0.3) is 11.0 Å². The monoisotopic (exact) mass is 327 g/mol. The first-order valence-corrected chi connectivity index (χ1v) is 7.93. The minimum absolute atomic E-state index is 0.00280.